The van der Waals surface area contributed by atoms with Crippen molar-refractivity contribution < 1.29 is 24.2 Å². The van der Waals surface area contributed by atoms with Crippen LogP contribution in [-0.4, -0.2) is 69.6 Å². The highest BCUT2D eigenvalue weighted by Gasteiger charge is 2.77. The molecule has 3 fully saturated rings. The number of benzene rings is 1. The van der Waals surface area contributed by atoms with E-state index in [-0.39, 0.29) is 37.5 Å². The fourth-order valence-electron chi connectivity index (χ4n) is 6.45. The average molecular weight is 561 g/mol. The number of likely N-dealkylation sites (tertiary alicyclic amines) is 1. The zero-order valence-corrected chi connectivity index (χ0v) is 23.5. The highest BCUT2D eigenvalue weighted by atomic mass is 35.5. The molecule has 1 aromatic carbocycles. The fourth-order valence-corrected chi connectivity index (χ4v) is 9.03. The van der Waals surface area contributed by atoms with Gasteiger partial charge in [-0.15, -0.1) is 24.9 Å². The minimum atomic E-state index is -0.792. The van der Waals surface area contributed by atoms with Crippen molar-refractivity contribution in [3.63, 3.8) is 0 Å². The van der Waals surface area contributed by atoms with Gasteiger partial charge in [0, 0.05) is 24.4 Å². The number of anilines is 1. The van der Waals surface area contributed by atoms with Crippen LogP contribution >= 0.6 is 23.4 Å². The molecule has 3 heterocycles. The summed E-state index contributed by atoms with van der Waals surface area (Å²) < 4.78 is 4.45. The van der Waals surface area contributed by atoms with Crippen molar-refractivity contribution in [2.24, 2.45) is 11.8 Å². The number of fused-ring (bicyclic) bond motifs is 1. The second kappa shape index (κ2) is 11.8. The van der Waals surface area contributed by atoms with Gasteiger partial charge in [0.2, 0.25) is 5.91 Å². The van der Waals surface area contributed by atoms with Crippen LogP contribution in [0.4, 0.5) is 5.69 Å². The number of unbranched alkanes of at least 4 members (excludes halogenated alkanes) is 2. The minimum absolute atomic E-state index is 0.107. The number of nitrogens with zero attached hydrogens (tertiary/aromatic N) is 2. The number of aliphatic hydroxyl groups is 1. The summed E-state index contributed by atoms with van der Waals surface area (Å²) in [6, 6.07) is 6.32. The molecule has 0 aromatic heterocycles. The van der Waals surface area contributed by atoms with Gasteiger partial charge in [-0.1, -0.05) is 35.9 Å². The first-order chi connectivity index (χ1) is 18.3. The van der Waals surface area contributed by atoms with E-state index >= 15 is 0 Å². The molecule has 1 N–H and O–H groups in total. The molecule has 3 aliphatic rings. The Hall–Kier alpha value is -2.29. The van der Waals surface area contributed by atoms with Gasteiger partial charge in [0.05, 0.1) is 33.9 Å². The first-order valence-corrected chi connectivity index (χ1v) is 14.5. The Labute approximate surface area is 234 Å². The lowest BCUT2D eigenvalue weighted by Gasteiger charge is -2.37. The maximum absolute atomic E-state index is 14.4. The molecular weight excluding hydrogens is 524 g/mol. The molecule has 2 bridgehead atoms. The number of aliphatic hydroxyl groups excluding tert-OH is 1. The van der Waals surface area contributed by atoms with E-state index in [1.807, 2.05) is 19.1 Å². The smallest absolute Gasteiger partial charge is 0.311 e. The Bertz CT molecular complexity index is 1100. The van der Waals surface area contributed by atoms with E-state index in [0.29, 0.717) is 36.6 Å². The molecule has 1 spiro atoms. The SMILES string of the molecule is C=CCCCCOC(=O)[C@@H]1[C@H]2C(=O)N(CCCO)C(C(=O)N(CC=C)c3ccccc3Cl)C23CC[C@@]1(C)S3. The van der Waals surface area contributed by atoms with Crippen LogP contribution in [0.25, 0.3) is 0 Å². The molecule has 5 atom stereocenters. The fraction of sp³-hybridized carbons (Fsp3) is 0.552. The van der Waals surface area contributed by atoms with Gasteiger partial charge in [-0.25, -0.2) is 0 Å². The van der Waals surface area contributed by atoms with E-state index in [0.717, 1.165) is 19.3 Å². The summed E-state index contributed by atoms with van der Waals surface area (Å²) in [5.41, 5.74) is 0.549. The standard InChI is InChI=1S/C29H37ClN2O5S/c1-4-6-7-10-19-37-27(36)23-22-25(34)32(17-11-18-33)24(29(22)15-14-28(23,3)38-29)26(35)31(16-5-2)21-13-9-8-12-20(21)30/h4-5,8-9,12-13,22-24,33H,1-2,6-7,10-11,14-19H2,3H3/t22-,23-,24?,28+,29?/m0/s1. The summed E-state index contributed by atoms with van der Waals surface area (Å²) in [6.07, 6.45) is 7.64. The maximum Gasteiger partial charge on any atom is 0.311 e. The van der Waals surface area contributed by atoms with Gasteiger partial charge in [-0.3, -0.25) is 14.4 Å². The van der Waals surface area contributed by atoms with Crippen LogP contribution in [0, 0.1) is 11.8 Å². The van der Waals surface area contributed by atoms with Gasteiger partial charge in [0.1, 0.15) is 6.04 Å². The van der Waals surface area contributed by atoms with Gasteiger partial charge < -0.3 is 19.6 Å². The first-order valence-electron chi connectivity index (χ1n) is 13.3. The number of ether oxygens (including phenoxy) is 1. The second-order valence-corrected chi connectivity index (χ2v) is 12.8. The number of carbonyl (C=O) groups excluding carboxylic acids is 3. The summed E-state index contributed by atoms with van der Waals surface area (Å²) in [7, 11) is 0. The van der Waals surface area contributed by atoms with Crippen molar-refractivity contribution >= 4 is 46.8 Å². The van der Waals surface area contributed by atoms with Crippen LogP contribution in [0.2, 0.25) is 5.02 Å². The number of amides is 2. The van der Waals surface area contributed by atoms with Gasteiger partial charge in [-0.05, 0) is 57.6 Å². The molecule has 9 heteroatoms. The van der Waals surface area contributed by atoms with E-state index in [4.69, 9.17) is 16.3 Å². The predicted octanol–water partition coefficient (Wildman–Crippen LogP) is 4.62. The number of allylic oxidation sites excluding steroid dienone is 1. The van der Waals surface area contributed by atoms with Crippen molar-refractivity contribution in [3.05, 3.63) is 54.6 Å². The van der Waals surface area contributed by atoms with Crippen molar-refractivity contribution in [2.45, 2.75) is 61.0 Å². The van der Waals surface area contributed by atoms with Gasteiger partial charge in [0.25, 0.3) is 5.91 Å². The van der Waals surface area contributed by atoms with Crippen LogP contribution in [0.15, 0.2) is 49.6 Å². The molecule has 1 aromatic rings. The third-order valence-electron chi connectivity index (χ3n) is 8.09. The number of halogens is 1. The quantitative estimate of drug-likeness (QED) is 0.215. The van der Waals surface area contributed by atoms with Gasteiger partial charge in [0.15, 0.2) is 0 Å². The molecule has 0 saturated carbocycles. The summed E-state index contributed by atoms with van der Waals surface area (Å²) in [6.45, 7) is 10.2. The van der Waals surface area contributed by atoms with Crippen LogP contribution < -0.4 is 4.90 Å². The third kappa shape index (κ3) is 4.91. The van der Waals surface area contributed by atoms with Crippen LogP contribution in [0.1, 0.15) is 45.4 Å². The molecule has 7 nitrogen and oxygen atoms in total. The first kappa shape index (κ1) is 28.7. The van der Waals surface area contributed by atoms with Crippen molar-refractivity contribution in [1.82, 2.24) is 4.90 Å². The molecule has 3 saturated heterocycles. The number of carbonyl (C=O) groups is 3. The van der Waals surface area contributed by atoms with E-state index in [9.17, 15) is 19.5 Å². The number of rotatable bonds is 13. The summed E-state index contributed by atoms with van der Waals surface area (Å²) >= 11 is 8.10. The zero-order valence-electron chi connectivity index (χ0n) is 21.9. The minimum Gasteiger partial charge on any atom is -0.465 e. The zero-order chi connectivity index (χ0) is 27.5. The number of para-hydroxylation sites is 1. The van der Waals surface area contributed by atoms with Crippen molar-refractivity contribution in [3.8, 4) is 0 Å². The monoisotopic (exact) mass is 560 g/mol. The molecule has 38 heavy (non-hydrogen) atoms. The third-order valence-corrected chi connectivity index (χ3v) is 10.4. The maximum atomic E-state index is 14.4. The molecule has 2 unspecified atom stereocenters. The Morgan fingerprint density at radius 2 is 2.00 bits per heavy atom. The van der Waals surface area contributed by atoms with E-state index in [2.05, 4.69) is 13.2 Å². The molecule has 2 amide bonds. The number of hydrogen-bond acceptors (Lipinski definition) is 6. The Balaban J connectivity index is 1.69. The Morgan fingerprint density at radius 1 is 1.24 bits per heavy atom. The normalized spacial score (nSPS) is 29.3. The lowest BCUT2D eigenvalue weighted by Crippen LogP contribution is -2.55. The summed E-state index contributed by atoms with van der Waals surface area (Å²) in [5.74, 6) is -2.10. The van der Waals surface area contributed by atoms with Gasteiger partial charge >= 0.3 is 5.97 Å². The van der Waals surface area contributed by atoms with Crippen LogP contribution in [-0.2, 0) is 19.1 Å². The second-order valence-electron chi connectivity index (χ2n) is 10.5. The molecule has 4 rings (SSSR count). The van der Waals surface area contributed by atoms with E-state index in [1.54, 1.807) is 45.8 Å². The van der Waals surface area contributed by atoms with E-state index in [1.165, 1.54) is 0 Å². The van der Waals surface area contributed by atoms with Crippen molar-refractivity contribution in [1.29, 1.82) is 0 Å². The molecule has 0 radical (unpaired) electrons. The number of thioether (sulfide) groups is 1. The number of esters is 1. The number of hydrogen-bond donors (Lipinski definition) is 1. The molecule has 0 aliphatic carbocycles. The summed E-state index contributed by atoms with van der Waals surface area (Å²) in [4.78, 5) is 45.1. The highest BCUT2D eigenvalue weighted by molar-refractivity contribution is 8.02. The Morgan fingerprint density at radius 3 is 2.68 bits per heavy atom. The van der Waals surface area contributed by atoms with E-state index < -0.39 is 27.4 Å². The van der Waals surface area contributed by atoms with Crippen LogP contribution in [0.3, 0.4) is 0 Å². The predicted molar refractivity (Wildman–Crippen MR) is 151 cm³/mol. The molecule has 3 aliphatic heterocycles. The lowest BCUT2D eigenvalue weighted by molar-refractivity contribution is -0.155. The van der Waals surface area contributed by atoms with Gasteiger partial charge in [-0.2, -0.15) is 0 Å². The Kier molecular flexibility index (Phi) is 8.95. The summed E-state index contributed by atoms with van der Waals surface area (Å²) in [5, 5.41) is 10.00. The lowest BCUT2D eigenvalue weighted by atomic mass is 9.66. The van der Waals surface area contributed by atoms with Crippen molar-refractivity contribution in [2.75, 3.05) is 31.2 Å². The molecule has 206 valence electrons. The topological polar surface area (TPSA) is 87.1 Å². The average Bonchev–Trinajstić information content (AvgIpc) is 3.46. The largest absolute Gasteiger partial charge is 0.465 e. The highest BCUT2D eigenvalue weighted by Crippen LogP contribution is 2.71. The van der Waals surface area contributed by atoms with Crippen LogP contribution in [0.5, 0.6) is 0 Å². The molecular formula is C29H37ClN2O5S.